The lowest BCUT2D eigenvalue weighted by Crippen LogP contribution is -2.39. The first-order valence-corrected chi connectivity index (χ1v) is 6.74. The fraction of sp³-hybridized carbons (Fsp3) is 0.0625. The molecule has 0 bridgehead atoms. The summed E-state index contributed by atoms with van der Waals surface area (Å²) in [5, 5.41) is 7.06. The van der Waals surface area contributed by atoms with E-state index in [4.69, 9.17) is 0 Å². The number of hydrogen-bond donors (Lipinski definition) is 3. The molecular weight excluding hydrogens is 301 g/mol. The van der Waals surface area contributed by atoms with Crippen LogP contribution < -0.4 is 16.0 Å². The Morgan fingerprint density at radius 2 is 1.39 bits per heavy atom. The topological polar surface area (TPSA) is 87.3 Å². The molecule has 2 aromatic rings. The lowest BCUT2D eigenvalue weighted by atomic mass is 10.3. The summed E-state index contributed by atoms with van der Waals surface area (Å²) < 4.78 is 12.7. The zero-order valence-corrected chi connectivity index (χ0v) is 12.0. The Morgan fingerprint density at radius 1 is 0.783 bits per heavy atom. The minimum atomic E-state index is -0.961. The summed E-state index contributed by atoms with van der Waals surface area (Å²) in [4.78, 5) is 34.8. The summed E-state index contributed by atoms with van der Waals surface area (Å²) in [5.74, 6) is -2.81. The van der Waals surface area contributed by atoms with Crippen molar-refractivity contribution in [2.75, 3.05) is 17.2 Å². The van der Waals surface area contributed by atoms with Crippen molar-refractivity contribution in [3.8, 4) is 0 Å². The minimum Gasteiger partial charge on any atom is -0.339 e. The third-order valence-corrected chi connectivity index (χ3v) is 2.78. The third kappa shape index (κ3) is 5.24. The Balaban J connectivity index is 1.78. The maximum absolute atomic E-state index is 12.7. The lowest BCUT2D eigenvalue weighted by molar-refractivity contribution is -0.136. The zero-order valence-electron chi connectivity index (χ0n) is 12.0. The Kier molecular flexibility index (Phi) is 5.40. The van der Waals surface area contributed by atoms with Gasteiger partial charge in [-0.25, -0.2) is 4.39 Å². The Hall–Kier alpha value is -3.22. The number of amides is 3. The quantitative estimate of drug-likeness (QED) is 0.748. The fourth-order valence-corrected chi connectivity index (χ4v) is 1.69. The van der Waals surface area contributed by atoms with Crippen LogP contribution >= 0.6 is 0 Å². The van der Waals surface area contributed by atoms with Crippen LogP contribution in [0.1, 0.15) is 0 Å². The van der Waals surface area contributed by atoms with Crippen LogP contribution in [-0.4, -0.2) is 24.3 Å². The van der Waals surface area contributed by atoms with Crippen LogP contribution in [0.2, 0.25) is 0 Å². The summed E-state index contributed by atoms with van der Waals surface area (Å²) in [6.07, 6.45) is 0. The van der Waals surface area contributed by atoms with Crippen LogP contribution in [0.25, 0.3) is 0 Å². The van der Waals surface area contributed by atoms with Gasteiger partial charge in [-0.05, 0) is 36.4 Å². The highest BCUT2D eigenvalue weighted by Crippen LogP contribution is 2.07. The molecule has 2 aromatic carbocycles. The number of halogens is 1. The number of anilines is 2. The van der Waals surface area contributed by atoms with Crippen LogP contribution in [0.15, 0.2) is 54.6 Å². The Bertz CT molecular complexity index is 702. The van der Waals surface area contributed by atoms with Gasteiger partial charge in [0, 0.05) is 11.4 Å². The summed E-state index contributed by atoms with van der Waals surface area (Å²) in [5.41, 5.74) is 0.864. The molecule has 0 fully saturated rings. The highest BCUT2D eigenvalue weighted by Gasteiger charge is 2.14. The van der Waals surface area contributed by atoms with E-state index >= 15 is 0 Å². The predicted molar refractivity (Wildman–Crippen MR) is 83.1 cm³/mol. The van der Waals surface area contributed by atoms with Gasteiger partial charge in [-0.2, -0.15) is 0 Å². The molecule has 0 unspecified atom stereocenters. The SMILES string of the molecule is O=C(CNC(=O)C(=O)Nc1ccc(F)cc1)Nc1ccccc1. The van der Waals surface area contributed by atoms with E-state index in [1.807, 2.05) is 0 Å². The average Bonchev–Trinajstić information content (AvgIpc) is 2.55. The van der Waals surface area contributed by atoms with Gasteiger partial charge in [0.25, 0.3) is 0 Å². The largest absolute Gasteiger partial charge is 0.339 e. The standard InChI is InChI=1S/C16H14FN3O3/c17-11-6-8-13(9-7-11)20-16(23)15(22)18-10-14(21)19-12-4-2-1-3-5-12/h1-9H,10H2,(H,18,22)(H,19,21)(H,20,23). The second kappa shape index (κ2) is 7.69. The second-order valence-corrected chi connectivity index (χ2v) is 4.56. The highest BCUT2D eigenvalue weighted by atomic mass is 19.1. The van der Waals surface area contributed by atoms with E-state index in [2.05, 4.69) is 16.0 Å². The molecule has 0 atom stereocenters. The van der Waals surface area contributed by atoms with E-state index in [1.165, 1.54) is 12.1 Å². The van der Waals surface area contributed by atoms with Crippen molar-refractivity contribution in [2.45, 2.75) is 0 Å². The Labute approximate surface area is 131 Å². The summed E-state index contributed by atoms with van der Waals surface area (Å²) in [6, 6.07) is 13.7. The first-order valence-electron chi connectivity index (χ1n) is 6.74. The summed E-state index contributed by atoms with van der Waals surface area (Å²) in [6.45, 7) is -0.343. The molecule has 0 spiro atoms. The number of rotatable bonds is 4. The van der Waals surface area contributed by atoms with Crippen molar-refractivity contribution in [1.82, 2.24) is 5.32 Å². The number of benzene rings is 2. The van der Waals surface area contributed by atoms with Gasteiger partial charge in [0.05, 0.1) is 6.54 Å². The number of para-hydroxylation sites is 1. The molecule has 0 radical (unpaired) electrons. The summed E-state index contributed by atoms with van der Waals surface area (Å²) >= 11 is 0. The van der Waals surface area contributed by atoms with Gasteiger partial charge < -0.3 is 16.0 Å². The van der Waals surface area contributed by atoms with Gasteiger partial charge in [-0.15, -0.1) is 0 Å². The molecule has 0 saturated heterocycles. The van der Waals surface area contributed by atoms with Gasteiger partial charge >= 0.3 is 11.8 Å². The van der Waals surface area contributed by atoms with E-state index in [9.17, 15) is 18.8 Å². The number of carbonyl (C=O) groups is 3. The van der Waals surface area contributed by atoms with Crippen LogP contribution in [0.4, 0.5) is 15.8 Å². The molecule has 7 heteroatoms. The molecule has 0 aromatic heterocycles. The molecule has 0 aliphatic rings. The van der Waals surface area contributed by atoms with Gasteiger partial charge in [0.1, 0.15) is 5.82 Å². The van der Waals surface area contributed by atoms with E-state index in [1.54, 1.807) is 30.3 Å². The molecule has 0 aliphatic heterocycles. The summed E-state index contributed by atoms with van der Waals surface area (Å²) in [7, 11) is 0. The molecule has 0 saturated carbocycles. The molecule has 0 heterocycles. The smallest absolute Gasteiger partial charge is 0.313 e. The Morgan fingerprint density at radius 3 is 2.04 bits per heavy atom. The third-order valence-electron chi connectivity index (χ3n) is 2.78. The lowest BCUT2D eigenvalue weighted by Gasteiger charge is -2.07. The molecule has 6 nitrogen and oxygen atoms in total. The van der Waals surface area contributed by atoms with E-state index in [0.717, 1.165) is 12.1 Å². The molecule has 2 rings (SSSR count). The van der Waals surface area contributed by atoms with Crippen molar-refractivity contribution < 1.29 is 18.8 Å². The molecule has 3 N–H and O–H groups in total. The van der Waals surface area contributed by atoms with Crippen molar-refractivity contribution >= 4 is 29.1 Å². The maximum atomic E-state index is 12.7. The van der Waals surface area contributed by atoms with E-state index in [-0.39, 0.29) is 12.2 Å². The zero-order chi connectivity index (χ0) is 16.7. The molecule has 3 amide bonds. The predicted octanol–water partition coefficient (Wildman–Crippen LogP) is 1.52. The molecule has 23 heavy (non-hydrogen) atoms. The number of nitrogens with one attached hydrogen (secondary N) is 3. The van der Waals surface area contributed by atoms with Gasteiger partial charge in [-0.3, -0.25) is 14.4 Å². The van der Waals surface area contributed by atoms with Gasteiger partial charge in [0.15, 0.2) is 0 Å². The van der Waals surface area contributed by atoms with Gasteiger partial charge in [0.2, 0.25) is 5.91 Å². The van der Waals surface area contributed by atoms with Crippen molar-refractivity contribution in [3.63, 3.8) is 0 Å². The first kappa shape index (κ1) is 16.2. The first-order chi connectivity index (χ1) is 11.0. The van der Waals surface area contributed by atoms with Crippen LogP contribution in [0.5, 0.6) is 0 Å². The molecule has 0 aliphatic carbocycles. The monoisotopic (exact) mass is 315 g/mol. The van der Waals surface area contributed by atoms with Gasteiger partial charge in [-0.1, -0.05) is 18.2 Å². The molecule has 118 valence electrons. The fourth-order valence-electron chi connectivity index (χ4n) is 1.69. The van der Waals surface area contributed by atoms with Crippen molar-refractivity contribution in [3.05, 3.63) is 60.4 Å². The van der Waals surface area contributed by atoms with Crippen molar-refractivity contribution in [1.29, 1.82) is 0 Å². The minimum absolute atomic E-state index is 0.278. The highest BCUT2D eigenvalue weighted by molar-refractivity contribution is 6.39. The second-order valence-electron chi connectivity index (χ2n) is 4.56. The van der Waals surface area contributed by atoms with Crippen molar-refractivity contribution in [2.24, 2.45) is 0 Å². The van der Waals surface area contributed by atoms with E-state index in [0.29, 0.717) is 5.69 Å². The van der Waals surface area contributed by atoms with Crippen LogP contribution in [0, 0.1) is 5.82 Å². The maximum Gasteiger partial charge on any atom is 0.313 e. The number of hydrogen-bond acceptors (Lipinski definition) is 3. The number of carbonyl (C=O) groups excluding carboxylic acids is 3. The van der Waals surface area contributed by atoms with Crippen LogP contribution in [-0.2, 0) is 14.4 Å². The molecular formula is C16H14FN3O3. The normalized spacial score (nSPS) is 9.78. The van der Waals surface area contributed by atoms with Crippen LogP contribution in [0.3, 0.4) is 0 Å². The average molecular weight is 315 g/mol. The van der Waals surface area contributed by atoms with E-state index < -0.39 is 23.5 Å².